The summed E-state index contributed by atoms with van der Waals surface area (Å²) in [6.45, 7) is 5.39. The van der Waals surface area contributed by atoms with E-state index in [1.54, 1.807) is 19.2 Å². The van der Waals surface area contributed by atoms with Gasteiger partial charge in [0.05, 0.1) is 18.1 Å². The summed E-state index contributed by atoms with van der Waals surface area (Å²) >= 11 is 0. The van der Waals surface area contributed by atoms with Crippen LogP contribution >= 0.6 is 0 Å². The van der Waals surface area contributed by atoms with Crippen molar-refractivity contribution in [2.75, 3.05) is 45.3 Å². The molecule has 0 spiro atoms. The topological polar surface area (TPSA) is 85.7 Å². The monoisotopic (exact) mass is 297 g/mol. The number of hydrogen-bond acceptors (Lipinski definition) is 6. The van der Waals surface area contributed by atoms with Crippen molar-refractivity contribution >= 4 is 11.4 Å². The van der Waals surface area contributed by atoms with Crippen molar-refractivity contribution in [3.8, 4) is 5.75 Å². The Morgan fingerprint density at radius 2 is 2.05 bits per heavy atom. The largest absolute Gasteiger partial charge is 0.487 e. The molecule has 7 heteroatoms. The van der Waals surface area contributed by atoms with Crippen molar-refractivity contribution < 1.29 is 14.4 Å². The van der Waals surface area contributed by atoms with Gasteiger partial charge in [-0.15, -0.1) is 0 Å². The standard InChI is InChI=1S/C14H23N3O4/c1-3-9-21-14-11-12(4-5-13(14)17(18)19)16-7-6-15-8-10-20-2/h4-5,11,15-16H,3,6-10H2,1-2H3. The predicted octanol–water partition coefficient (Wildman–Crippen LogP) is 2.03. The molecule has 0 aromatic heterocycles. The molecule has 0 aliphatic rings. The highest BCUT2D eigenvalue weighted by atomic mass is 16.6. The fraction of sp³-hybridized carbons (Fsp3) is 0.571. The van der Waals surface area contributed by atoms with Crippen molar-refractivity contribution in [1.82, 2.24) is 5.32 Å². The second-order valence-corrected chi connectivity index (χ2v) is 4.46. The highest BCUT2D eigenvalue weighted by Gasteiger charge is 2.15. The molecule has 0 unspecified atom stereocenters. The normalized spacial score (nSPS) is 10.4. The highest BCUT2D eigenvalue weighted by molar-refractivity contribution is 5.58. The van der Waals surface area contributed by atoms with Crippen LogP contribution in [0.3, 0.4) is 0 Å². The molecule has 1 aromatic rings. The van der Waals surface area contributed by atoms with Gasteiger partial charge in [0.1, 0.15) is 0 Å². The summed E-state index contributed by atoms with van der Waals surface area (Å²) in [5.41, 5.74) is 0.799. The average molecular weight is 297 g/mol. The van der Waals surface area contributed by atoms with E-state index in [1.807, 2.05) is 6.92 Å². The molecule has 0 amide bonds. The minimum Gasteiger partial charge on any atom is -0.487 e. The van der Waals surface area contributed by atoms with Gasteiger partial charge in [-0.25, -0.2) is 0 Å². The molecule has 0 aliphatic carbocycles. The third-order valence-corrected chi connectivity index (χ3v) is 2.73. The van der Waals surface area contributed by atoms with E-state index < -0.39 is 4.92 Å². The van der Waals surface area contributed by atoms with Crippen LogP contribution in [0.2, 0.25) is 0 Å². The molecule has 0 saturated carbocycles. The lowest BCUT2D eigenvalue weighted by Gasteiger charge is -2.10. The molecule has 7 nitrogen and oxygen atoms in total. The van der Waals surface area contributed by atoms with Crippen LogP contribution in [0.5, 0.6) is 5.75 Å². The molecular formula is C14H23N3O4. The quantitative estimate of drug-likeness (QED) is 0.369. The predicted molar refractivity (Wildman–Crippen MR) is 82.1 cm³/mol. The average Bonchev–Trinajstić information content (AvgIpc) is 2.48. The Hall–Kier alpha value is -1.86. The molecule has 1 rings (SSSR count). The van der Waals surface area contributed by atoms with Crippen LogP contribution in [0, 0.1) is 10.1 Å². The van der Waals surface area contributed by atoms with Gasteiger partial charge in [-0.1, -0.05) is 6.92 Å². The van der Waals surface area contributed by atoms with E-state index in [4.69, 9.17) is 9.47 Å². The van der Waals surface area contributed by atoms with Crippen LogP contribution in [-0.2, 0) is 4.74 Å². The van der Waals surface area contributed by atoms with Crippen LogP contribution < -0.4 is 15.4 Å². The summed E-state index contributed by atoms with van der Waals surface area (Å²) < 4.78 is 10.4. The number of rotatable bonds is 11. The zero-order valence-electron chi connectivity index (χ0n) is 12.6. The van der Waals surface area contributed by atoms with E-state index in [-0.39, 0.29) is 5.69 Å². The van der Waals surface area contributed by atoms with E-state index in [1.165, 1.54) is 6.07 Å². The van der Waals surface area contributed by atoms with Gasteiger partial charge in [0.15, 0.2) is 5.75 Å². The number of anilines is 1. The first-order valence-electron chi connectivity index (χ1n) is 7.03. The number of nitrogens with zero attached hydrogens (tertiary/aromatic N) is 1. The summed E-state index contributed by atoms with van der Waals surface area (Å²) in [6.07, 6.45) is 0.804. The van der Waals surface area contributed by atoms with Gasteiger partial charge in [0, 0.05) is 44.6 Å². The van der Waals surface area contributed by atoms with Gasteiger partial charge < -0.3 is 20.1 Å². The van der Waals surface area contributed by atoms with Crippen molar-refractivity contribution in [1.29, 1.82) is 0 Å². The van der Waals surface area contributed by atoms with Crippen molar-refractivity contribution in [2.45, 2.75) is 13.3 Å². The highest BCUT2D eigenvalue weighted by Crippen LogP contribution is 2.30. The molecule has 0 atom stereocenters. The molecule has 1 aromatic carbocycles. The lowest BCUT2D eigenvalue weighted by atomic mass is 10.2. The summed E-state index contributed by atoms with van der Waals surface area (Å²) in [5.74, 6) is 0.305. The number of ether oxygens (including phenoxy) is 2. The van der Waals surface area contributed by atoms with E-state index in [0.717, 1.165) is 31.7 Å². The Kier molecular flexibility index (Phi) is 8.15. The molecule has 118 valence electrons. The maximum absolute atomic E-state index is 10.9. The number of nitro groups is 1. The van der Waals surface area contributed by atoms with Crippen molar-refractivity contribution in [3.05, 3.63) is 28.3 Å². The SMILES string of the molecule is CCCOc1cc(NCCNCCOC)ccc1[N+](=O)[O-]. The Labute approximate surface area is 124 Å². The Balaban J connectivity index is 2.52. The summed E-state index contributed by atoms with van der Waals surface area (Å²) in [4.78, 5) is 10.5. The smallest absolute Gasteiger partial charge is 0.311 e. The molecule has 0 saturated heterocycles. The first kappa shape index (κ1) is 17.2. The first-order valence-corrected chi connectivity index (χ1v) is 7.03. The van der Waals surface area contributed by atoms with E-state index in [2.05, 4.69) is 10.6 Å². The fourth-order valence-corrected chi connectivity index (χ4v) is 1.70. The van der Waals surface area contributed by atoms with E-state index in [0.29, 0.717) is 19.0 Å². The number of methoxy groups -OCH3 is 1. The van der Waals surface area contributed by atoms with Gasteiger partial charge in [-0.05, 0) is 12.5 Å². The third kappa shape index (κ3) is 6.42. The summed E-state index contributed by atoms with van der Waals surface area (Å²) in [5, 5.41) is 17.3. The second kappa shape index (κ2) is 9.95. The third-order valence-electron chi connectivity index (χ3n) is 2.73. The Morgan fingerprint density at radius 1 is 1.24 bits per heavy atom. The van der Waals surface area contributed by atoms with Crippen LogP contribution in [0.4, 0.5) is 11.4 Å². The molecule has 0 fully saturated rings. The fourth-order valence-electron chi connectivity index (χ4n) is 1.70. The lowest BCUT2D eigenvalue weighted by Crippen LogP contribution is -2.25. The van der Waals surface area contributed by atoms with Crippen molar-refractivity contribution in [3.63, 3.8) is 0 Å². The maximum atomic E-state index is 10.9. The molecule has 0 radical (unpaired) electrons. The van der Waals surface area contributed by atoms with Crippen molar-refractivity contribution in [2.24, 2.45) is 0 Å². The minimum absolute atomic E-state index is 0.00720. The van der Waals surface area contributed by atoms with Gasteiger partial charge in [-0.3, -0.25) is 10.1 Å². The molecule has 0 aliphatic heterocycles. The van der Waals surface area contributed by atoms with E-state index in [9.17, 15) is 10.1 Å². The summed E-state index contributed by atoms with van der Waals surface area (Å²) in [7, 11) is 1.66. The van der Waals surface area contributed by atoms with Gasteiger partial charge >= 0.3 is 5.69 Å². The minimum atomic E-state index is -0.429. The number of nitro benzene ring substituents is 1. The van der Waals surface area contributed by atoms with Gasteiger partial charge in [0.2, 0.25) is 0 Å². The first-order chi connectivity index (χ1) is 10.2. The number of hydrogen-bond donors (Lipinski definition) is 2. The van der Waals surface area contributed by atoms with Gasteiger partial charge in [-0.2, -0.15) is 0 Å². The molecule has 21 heavy (non-hydrogen) atoms. The van der Waals surface area contributed by atoms with E-state index >= 15 is 0 Å². The van der Waals surface area contributed by atoms with Crippen LogP contribution in [-0.4, -0.2) is 44.9 Å². The van der Waals surface area contributed by atoms with Crippen LogP contribution in [0.25, 0.3) is 0 Å². The lowest BCUT2D eigenvalue weighted by molar-refractivity contribution is -0.385. The molecule has 0 bridgehead atoms. The van der Waals surface area contributed by atoms with Crippen LogP contribution in [0.1, 0.15) is 13.3 Å². The maximum Gasteiger partial charge on any atom is 0.311 e. The molecular weight excluding hydrogens is 274 g/mol. The second-order valence-electron chi connectivity index (χ2n) is 4.46. The zero-order chi connectivity index (χ0) is 15.5. The van der Waals surface area contributed by atoms with Crippen LogP contribution in [0.15, 0.2) is 18.2 Å². The Bertz CT molecular complexity index is 440. The number of nitrogens with one attached hydrogen (secondary N) is 2. The summed E-state index contributed by atoms with van der Waals surface area (Å²) in [6, 6.07) is 4.82. The number of benzene rings is 1. The molecule has 2 N–H and O–H groups in total. The zero-order valence-corrected chi connectivity index (χ0v) is 12.6. The Morgan fingerprint density at radius 3 is 2.71 bits per heavy atom. The van der Waals surface area contributed by atoms with Gasteiger partial charge in [0.25, 0.3) is 0 Å². The molecule has 0 heterocycles.